The molecular formula is C16H19NO3. The molecule has 2 aromatic carbocycles. The molecule has 0 aliphatic carbocycles. The molecule has 2 aromatic rings. The van der Waals surface area contributed by atoms with Gasteiger partial charge in [0, 0.05) is 19.8 Å². The van der Waals surface area contributed by atoms with E-state index in [4.69, 9.17) is 9.47 Å². The minimum atomic E-state index is -0.459. The van der Waals surface area contributed by atoms with Crippen molar-refractivity contribution >= 4 is 16.7 Å². The van der Waals surface area contributed by atoms with Gasteiger partial charge in [0.05, 0.1) is 6.04 Å². The first kappa shape index (κ1) is 14.5. The lowest BCUT2D eigenvalue weighted by Crippen LogP contribution is -2.42. The highest BCUT2D eigenvalue weighted by Crippen LogP contribution is 2.15. The van der Waals surface area contributed by atoms with Gasteiger partial charge in [0.2, 0.25) is 0 Å². The molecule has 1 N–H and O–H groups in total. The topological polar surface area (TPSA) is 47.6 Å². The number of ether oxygens (including phenoxy) is 2. The molecule has 0 saturated heterocycles. The van der Waals surface area contributed by atoms with E-state index in [1.807, 2.05) is 49.4 Å². The molecule has 0 bridgehead atoms. The van der Waals surface area contributed by atoms with E-state index in [1.165, 1.54) is 0 Å². The Hall–Kier alpha value is -1.91. The Bertz CT molecular complexity index is 593. The van der Waals surface area contributed by atoms with Crippen LogP contribution in [0.1, 0.15) is 17.3 Å². The molecule has 1 amide bonds. The number of hydrogen-bond donors (Lipinski definition) is 1. The summed E-state index contributed by atoms with van der Waals surface area (Å²) >= 11 is 0. The fourth-order valence-corrected chi connectivity index (χ4v) is 2.19. The van der Waals surface area contributed by atoms with Gasteiger partial charge in [-0.05, 0) is 29.8 Å². The van der Waals surface area contributed by atoms with Crippen molar-refractivity contribution in [3.8, 4) is 0 Å². The zero-order valence-electron chi connectivity index (χ0n) is 11.9. The number of rotatable bonds is 5. The molecular weight excluding hydrogens is 254 g/mol. The third-order valence-corrected chi connectivity index (χ3v) is 3.24. The third kappa shape index (κ3) is 3.15. The van der Waals surface area contributed by atoms with Gasteiger partial charge >= 0.3 is 0 Å². The van der Waals surface area contributed by atoms with Crippen molar-refractivity contribution in [1.29, 1.82) is 0 Å². The molecule has 2 rings (SSSR count). The second kappa shape index (κ2) is 6.50. The van der Waals surface area contributed by atoms with Gasteiger partial charge in [0.1, 0.15) is 0 Å². The van der Waals surface area contributed by atoms with Crippen molar-refractivity contribution in [2.24, 2.45) is 0 Å². The van der Waals surface area contributed by atoms with E-state index in [0.717, 1.165) is 10.8 Å². The maximum atomic E-state index is 12.2. The van der Waals surface area contributed by atoms with Crippen LogP contribution >= 0.6 is 0 Å². The summed E-state index contributed by atoms with van der Waals surface area (Å²) in [6, 6.07) is 13.4. The van der Waals surface area contributed by atoms with Crippen LogP contribution in [0.25, 0.3) is 10.8 Å². The molecule has 20 heavy (non-hydrogen) atoms. The zero-order valence-corrected chi connectivity index (χ0v) is 11.9. The number of amides is 1. The predicted molar refractivity (Wildman–Crippen MR) is 78.7 cm³/mol. The first-order valence-corrected chi connectivity index (χ1v) is 6.51. The molecule has 0 heterocycles. The van der Waals surface area contributed by atoms with E-state index in [9.17, 15) is 4.79 Å². The number of fused-ring (bicyclic) bond motifs is 1. The van der Waals surface area contributed by atoms with E-state index in [2.05, 4.69) is 5.32 Å². The highest BCUT2D eigenvalue weighted by atomic mass is 16.7. The van der Waals surface area contributed by atoms with E-state index in [1.54, 1.807) is 14.2 Å². The van der Waals surface area contributed by atoms with Gasteiger partial charge in [-0.25, -0.2) is 0 Å². The lowest BCUT2D eigenvalue weighted by Gasteiger charge is -2.22. The Morgan fingerprint density at radius 1 is 1.05 bits per heavy atom. The maximum Gasteiger partial charge on any atom is 0.251 e. The van der Waals surface area contributed by atoms with Crippen LogP contribution in [0.2, 0.25) is 0 Å². The third-order valence-electron chi connectivity index (χ3n) is 3.24. The average Bonchev–Trinajstić information content (AvgIpc) is 2.48. The average molecular weight is 273 g/mol. The summed E-state index contributed by atoms with van der Waals surface area (Å²) in [5, 5.41) is 5.03. The Kier molecular flexibility index (Phi) is 4.71. The second-order valence-corrected chi connectivity index (χ2v) is 4.66. The SMILES string of the molecule is COC(OC)C(C)NC(=O)c1ccc2ccccc2c1. The van der Waals surface area contributed by atoms with Crippen LogP contribution in [0, 0.1) is 0 Å². The fraction of sp³-hybridized carbons (Fsp3) is 0.312. The summed E-state index contributed by atoms with van der Waals surface area (Å²) in [5.41, 5.74) is 0.626. The Labute approximate surface area is 118 Å². The van der Waals surface area contributed by atoms with Crippen molar-refractivity contribution in [2.75, 3.05) is 14.2 Å². The van der Waals surface area contributed by atoms with Crippen LogP contribution in [0.3, 0.4) is 0 Å². The minimum Gasteiger partial charge on any atom is -0.354 e. The fourth-order valence-electron chi connectivity index (χ4n) is 2.19. The predicted octanol–water partition coefficient (Wildman–Crippen LogP) is 2.58. The molecule has 0 aromatic heterocycles. The van der Waals surface area contributed by atoms with Crippen molar-refractivity contribution in [3.05, 3.63) is 48.0 Å². The van der Waals surface area contributed by atoms with Crippen LogP contribution in [0.15, 0.2) is 42.5 Å². The number of methoxy groups -OCH3 is 2. The molecule has 0 aliphatic heterocycles. The first-order chi connectivity index (χ1) is 9.65. The molecule has 1 atom stereocenters. The van der Waals surface area contributed by atoms with Gasteiger partial charge in [0.15, 0.2) is 6.29 Å². The number of hydrogen-bond acceptors (Lipinski definition) is 3. The van der Waals surface area contributed by atoms with Crippen LogP contribution in [-0.2, 0) is 9.47 Å². The Morgan fingerprint density at radius 2 is 1.70 bits per heavy atom. The largest absolute Gasteiger partial charge is 0.354 e. The van der Waals surface area contributed by atoms with Gasteiger partial charge in [-0.15, -0.1) is 0 Å². The normalized spacial score (nSPS) is 12.6. The Morgan fingerprint density at radius 3 is 2.35 bits per heavy atom. The van der Waals surface area contributed by atoms with Crippen molar-refractivity contribution in [1.82, 2.24) is 5.32 Å². The van der Waals surface area contributed by atoms with Crippen molar-refractivity contribution in [3.63, 3.8) is 0 Å². The van der Waals surface area contributed by atoms with E-state index < -0.39 is 6.29 Å². The smallest absolute Gasteiger partial charge is 0.251 e. The molecule has 106 valence electrons. The summed E-state index contributed by atoms with van der Waals surface area (Å²) in [7, 11) is 3.10. The van der Waals surface area contributed by atoms with Gasteiger partial charge in [-0.1, -0.05) is 30.3 Å². The standard InChI is InChI=1S/C16H19NO3/c1-11(16(19-2)20-3)17-15(18)14-9-8-12-6-4-5-7-13(12)10-14/h4-11,16H,1-3H3,(H,17,18). The highest BCUT2D eigenvalue weighted by Gasteiger charge is 2.18. The molecule has 1 unspecified atom stereocenters. The first-order valence-electron chi connectivity index (χ1n) is 6.51. The number of nitrogens with one attached hydrogen (secondary N) is 1. The van der Waals surface area contributed by atoms with Gasteiger partial charge in [-0.3, -0.25) is 4.79 Å². The van der Waals surface area contributed by atoms with Crippen LogP contribution in [0.5, 0.6) is 0 Å². The summed E-state index contributed by atoms with van der Waals surface area (Å²) in [5.74, 6) is -0.137. The van der Waals surface area contributed by atoms with Crippen molar-refractivity contribution < 1.29 is 14.3 Å². The molecule has 4 heteroatoms. The van der Waals surface area contributed by atoms with Crippen LogP contribution in [-0.4, -0.2) is 32.5 Å². The van der Waals surface area contributed by atoms with E-state index in [-0.39, 0.29) is 11.9 Å². The second-order valence-electron chi connectivity index (χ2n) is 4.66. The maximum absolute atomic E-state index is 12.2. The molecule has 0 spiro atoms. The minimum absolute atomic E-state index is 0.137. The van der Waals surface area contributed by atoms with Gasteiger partial charge < -0.3 is 14.8 Å². The van der Waals surface area contributed by atoms with Crippen molar-refractivity contribution in [2.45, 2.75) is 19.3 Å². The zero-order chi connectivity index (χ0) is 14.5. The quantitative estimate of drug-likeness (QED) is 0.852. The summed E-state index contributed by atoms with van der Waals surface area (Å²) < 4.78 is 10.3. The lowest BCUT2D eigenvalue weighted by atomic mass is 10.1. The van der Waals surface area contributed by atoms with Crippen LogP contribution < -0.4 is 5.32 Å². The van der Waals surface area contributed by atoms with Crippen LogP contribution in [0.4, 0.5) is 0 Å². The number of benzene rings is 2. The van der Waals surface area contributed by atoms with Gasteiger partial charge in [-0.2, -0.15) is 0 Å². The molecule has 0 aliphatic rings. The highest BCUT2D eigenvalue weighted by molar-refractivity contribution is 5.98. The molecule has 4 nitrogen and oxygen atoms in total. The molecule has 0 radical (unpaired) electrons. The summed E-state index contributed by atoms with van der Waals surface area (Å²) in [6.07, 6.45) is -0.459. The number of carbonyl (C=O) groups excluding carboxylic acids is 1. The Balaban J connectivity index is 2.15. The molecule has 0 fully saturated rings. The molecule has 0 saturated carbocycles. The number of carbonyl (C=O) groups is 1. The van der Waals surface area contributed by atoms with Gasteiger partial charge in [0.25, 0.3) is 5.91 Å². The monoisotopic (exact) mass is 273 g/mol. The summed E-state index contributed by atoms with van der Waals surface area (Å²) in [4.78, 5) is 12.2. The van der Waals surface area contributed by atoms with E-state index in [0.29, 0.717) is 5.56 Å². The van der Waals surface area contributed by atoms with E-state index >= 15 is 0 Å². The summed E-state index contributed by atoms with van der Waals surface area (Å²) in [6.45, 7) is 1.84. The lowest BCUT2D eigenvalue weighted by molar-refractivity contribution is -0.117.